The van der Waals surface area contributed by atoms with Gasteiger partial charge in [0.2, 0.25) is 0 Å². The third-order valence-corrected chi connectivity index (χ3v) is 2.32. The highest BCUT2D eigenvalue weighted by molar-refractivity contribution is 6.31. The molecule has 0 spiro atoms. The minimum atomic E-state index is -5.25. The zero-order valence-electron chi connectivity index (χ0n) is 8.81. The van der Waals surface area contributed by atoms with E-state index in [2.05, 4.69) is 5.73 Å². The second-order valence-corrected chi connectivity index (χ2v) is 3.71. The molecule has 0 aliphatic rings. The van der Waals surface area contributed by atoms with E-state index < -0.39 is 39.7 Å². The number of hydrogen-bond donors (Lipinski definition) is 1. The van der Waals surface area contributed by atoms with Gasteiger partial charge in [0.05, 0.1) is 16.3 Å². The molecule has 0 fully saturated rings. The largest absolute Gasteiger partial charge is 0.493 e. The van der Waals surface area contributed by atoms with Gasteiger partial charge in [0.1, 0.15) is 0 Å². The summed E-state index contributed by atoms with van der Waals surface area (Å²) in [5, 5.41) is -0.789. The predicted octanol–water partition coefficient (Wildman–Crippen LogP) is 3.76. The topological polar surface area (TPSA) is 46.3 Å². The maximum absolute atomic E-state index is 12.5. The highest BCUT2D eigenvalue weighted by atomic mass is 35.5. The molecule has 1 rings (SSSR count). The predicted molar refractivity (Wildman–Crippen MR) is 54.6 cm³/mol. The minimum Gasteiger partial charge on any atom is -0.351 e. The van der Waals surface area contributed by atoms with Crippen LogP contribution in [0.15, 0.2) is 18.2 Å². The fourth-order valence-electron chi connectivity index (χ4n) is 1.27. The number of benzene rings is 1. The summed E-state index contributed by atoms with van der Waals surface area (Å²) in [4.78, 5) is 9.79. The van der Waals surface area contributed by atoms with Crippen LogP contribution in [0.5, 0.6) is 0 Å². The lowest BCUT2D eigenvalue weighted by molar-refractivity contribution is -0.138. The zero-order chi connectivity index (χ0) is 15.0. The van der Waals surface area contributed by atoms with E-state index in [1.807, 2.05) is 0 Å². The molecule has 19 heavy (non-hydrogen) atoms. The van der Waals surface area contributed by atoms with Crippen molar-refractivity contribution >= 4 is 23.3 Å². The zero-order valence-corrected chi connectivity index (χ0v) is 9.57. The number of rotatable bonds is 1. The maximum Gasteiger partial charge on any atom is 0.493 e. The van der Waals surface area contributed by atoms with Crippen LogP contribution in [-0.2, 0) is 6.18 Å². The molecule has 0 aromatic heterocycles. The summed E-state index contributed by atoms with van der Waals surface area (Å²) in [6, 6.07) is -0.652. The van der Waals surface area contributed by atoms with Crippen molar-refractivity contribution in [3.63, 3.8) is 0 Å². The molecule has 0 radical (unpaired) electrons. The molecule has 0 aliphatic carbocycles. The number of amides is 2. The quantitative estimate of drug-likeness (QED) is 0.623. The van der Waals surface area contributed by atoms with E-state index >= 15 is 0 Å². The van der Waals surface area contributed by atoms with Gasteiger partial charge in [0.25, 0.3) is 0 Å². The van der Waals surface area contributed by atoms with Gasteiger partial charge in [-0.1, -0.05) is 11.6 Å². The first-order valence-electron chi connectivity index (χ1n) is 4.47. The second-order valence-electron chi connectivity index (χ2n) is 3.30. The van der Waals surface area contributed by atoms with E-state index in [1.165, 1.54) is 0 Å². The van der Waals surface area contributed by atoms with Crippen LogP contribution in [0.25, 0.3) is 0 Å². The summed E-state index contributed by atoms with van der Waals surface area (Å²) in [5.41, 5.74) is 1.93. The summed E-state index contributed by atoms with van der Waals surface area (Å²) < 4.78 is 75.0. The highest BCUT2D eigenvalue weighted by Gasteiger charge is 2.43. The van der Waals surface area contributed by atoms with Crippen LogP contribution in [0.1, 0.15) is 5.56 Å². The number of carbonyl (C=O) groups excluding carboxylic acids is 1. The van der Waals surface area contributed by atoms with E-state index in [0.717, 1.165) is 0 Å². The first-order chi connectivity index (χ1) is 8.44. The number of nitrogens with zero attached hydrogens (tertiary/aromatic N) is 1. The fourth-order valence-corrected chi connectivity index (χ4v) is 1.49. The SMILES string of the molecule is NC(=O)N(c1ccc(Cl)c(C(F)(F)F)c1)C(F)(F)F. The van der Waals surface area contributed by atoms with Gasteiger partial charge in [-0.25, -0.2) is 9.69 Å². The van der Waals surface area contributed by atoms with Crippen molar-refractivity contribution in [1.29, 1.82) is 0 Å². The van der Waals surface area contributed by atoms with Crippen LogP contribution in [0, 0.1) is 0 Å². The lowest BCUT2D eigenvalue weighted by atomic mass is 10.2. The molecule has 106 valence electrons. The first kappa shape index (κ1) is 15.4. The van der Waals surface area contributed by atoms with Crippen LogP contribution < -0.4 is 10.6 Å². The lowest BCUT2D eigenvalue weighted by Gasteiger charge is -2.24. The average molecular weight is 307 g/mol. The standard InChI is InChI=1S/C9H5ClF6N2O/c10-6-2-1-4(3-5(6)8(11,12)13)18(7(17)19)9(14,15)16/h1-3H,(H2,17,19). The van der Waals surface area contributed by atoms with Crippen LogP contribution in [-0.4, -0.2) is 12.3 Å². The van der Waals surface area contributed by atoms with Crippen LogP contribution in [0.4, 0.5) is 36.8 Å². The Balaban J connectivity index is 3.39. The van der Waals surface area contributed by atoms with E-state index in [-0.39, 0.29) is 6.07 Å². The Morgan fingerprint density at radius 3 is 2.05 bits per heavy atom. The number of nitrogens with two attached hydrogens (primary N) is 1. The molecule has 1 aromatic carbocycles. The summed E-state index contributed by atoms with van der Waals surface area (Å²) >= 11 is 5.24. The van der Waals surface area contributed by atoms with Crippen molar-refractivity contribution < 1.29 is 31.1 Å². The number of primary amides is 1. The summed E-state index contributed by atoms with van der Waals surface area (Å²) in [5.74, 6) is 0. The van der Waals surface area contributed by atoms with Gasteiger partial charge >= 0.3 is 18.5 Å². The molecule has 0 atom stereocenters. The number of hydrogen-bond acceptors (Lipinski definition) is 1. The third kappa shape index (κ3) is 3.43. The molecule has 2 amide bonds. The van der Waals surface area contributed by atoms with E-state index in [4.69, 9.17) is 11.6 Å². The van der Waals surface area contributed by atoms with Gasteiger partial charge < -0.3 is 5.73 Å². The van der Waals surface area contributed by atoms with Crippen molar-refractivity contribution in [2.24, 2.45) is 5.73 Å². The molecule has 2 N–H and O–H groups in total. The summed E-state index contributed by atoms with van der Waals surface area (Å²) in [7, 11) is 0. The molecule has 10 heteroatoms. The Hall–Kier alpha value is -1.64. The number of anilines is 1. The fraction of sp³-hybridized carbons (Fsp3) is 0.222. The van der Waals surface area contributed by atoms with Gasteiger partial charge in [-0.2, -0.15) is 13.2 Å². The number of halogens is 7. The Morgan fingerprint density at radius 1 is 1.16 bits per heavy atom. The number of alkyl halides is 6. The molecule has 0 bridgehead atoms. The molecule has 0 aliphatic heterocycles. The van der Waals surface area contributed by atoms with Crippen LogP contribution >= 0.6 is 11.6 Å². The van der Waals surface area contributed by atoms with Crippen molar-refractivity contribution in [3.8, 4) is 0 Å². The van der Waals surface area contributed by atoms with Gasteiger partial charge in [-0.05, 0) is 18.2 Å². The Kier molecular flexibility index (Phi) is 3.89. The molecular weight excluding hydrogens is 302 g/mol. The molecule has 0 saturated carbocycles. The van der Waals surface area contributed by atoms with Crippen molar-refractivity contribution in [1.82, 2.24) is 0 Å². The second kappa shape index (κ2) is 4.80. The Bertz CT molecular complexity index is 498. The average Bonchev–Trinajstić information content (AvgIpc) is 2.16. The van der Waals surface area contributed by atoms with Gasteiger partial charge in [0, 0.05) is 0 Å². The lowest BCUT2D eigenvalue weighted by Crippen LogP contribution is -2.46. The number of urea groups is 1. The normalized spacial score (nSPS) is 12.4. The Labute approximate surface area is 107 Å². The van der Waals surface area contributed by atoms with E-state index in [9.17, 15) is 31.1 Å². The van der Waals surface area contributed by atoms with Gasteiger partial charge in [-0.15, -0.1) is 13.2 Å². The first-order valence-corrected chi connectivity index (χ1v) is 4.85. The van der Waals surface area contributed by atoms with Crippen molar-refractivity contribution in [2.75, 3.05) is 4.90 Å². The van der Waals surface area contributed by atoms with Gasteiger partial charge in [-0.3, -0.25) is 0 Å². The van der Waals surface area contributed by atoms with E-state index in [1.54, 1.807) is 0 Å². The highest BCUT2D eigenvalue weighted by Crippen LogP contribution is 2.38. The molecule has 1 aromatic rings. The van der Waals surface area contributed by atoms with Gasteiger partial charge in [0.15, 0.2) is 0 Å². The Morgan fingerprint density at radius 2 is 1.68 bits per heavy atom. The minimum absolute atomic E-state index is 0.0978. The summed E-state index contributed by atoms with van der Waals surface area (Å²) in [6.45, 7) is 0. The third-order valence-electron chi connectivity index (χ3n) is 1.99. The maximum atomic E-state index is 12.5. The molecule has 0 saturated heterocycles. The number of carbonyl (C=O) groups is 1. The summed E-state index contributed by atoms with van der Waals surface area (Å²) in [6.07, 6.45) is -10.2. The molecule has 0 heterocycles. The van der Waals surface area contributed by atoms with Crippen molar-refractivity contribution in [2.45, 2.75) is 12.5 Å². The van der Waals surface area contributed by atoms with Crippen molar-refractivity contribution in [3.05, 3.63) is 28.8 Å². The van der Waals surface area contributed by atoms with Crippen LogP contribution in [0.2, 0.25) is 5.02 Å². The monoisotopic (exact) mass is 306 g/mol. The van der Waals surface area contributed by atoms with E-state index in [0.29, 0.717) is 12.1 Å². The molecule has 3 nitrogen and oxygen atoms in total. The molecule has 0 unspecified atom stereocenters. The molecular formula is C9H5ClF6N2O. The smallest absolute Gasteiger partial charge is 0.351 e. The van der Waals surface area contributed by atoms with Crippen LogP contribution in [0.3, 0.4) is 0 Å².